The van der Waals surface area contributed by atoms with Gasteiger partial charge < -0.3 is 4.74 Å². The number of hydrogen-bond acceptors (Lipinski definition) is 3. The second-order valence-corrected chi connectivity index (χ2v) is 10.8. The lowest BCUT2D eigenvalue weighted by molar-refractivity contribution is -0.124. The quantitative estimate of drug-likeness (QED) is 0.534. The van der Waals surface area contributed by atoms with Gasteiger partial charge in [0.15, 0.2) is 11.6 Å². The Morgan fingerprint density at radius 3 is 2.72 bits per heavy atom. The second-order valence-electron chi connectivity index (χ2n) is 10.8. The number of para-hydroxylation sites is 1. The topological polar surface area (TPSA) is 43.4 Å². The molecule has 0 radical (unpaired) electrons. The molecule has 4 aliphatic carbocycles. The van der Waals surface area contributed by atoms with Gasteiger partial charge in [-0.3, -0.25) is 9.59 Å². The summed E-state index contributed by atoms with van der Waals surface area (Å²) in [6.45, 7) is 4.73. The Balaban J connectivity index is 1.37. The van der Waals surface area contributed by atoms with E-state index in [0.717, 1.165) is 49.8 Å². The summed E-state index contributed by atoms with van der Waals surface area (Å²) in [6, 6.07) is 7.84. The molecule has 3 heteroatoms. The normalized spacial score (nSPS) is 38.1. The summed E-state index contributed by atoms with van der Waals surface area (Å²) >= 11 is 0. The van der Waals surface area contributed by atoms with E-state index in [1.54, 1.807) is 19.3 Å². The van der Waals surface area contributed by atoms with Crippen molar-refractivity contribution in [3.63, 3.8) is 0 Å². The van der Waals surface area contributed by atoms with E-state index in [1.165, 1.54) is 5.57 Å². The van der Waals surface area contributed by atoms with Crippen molar-refractivity contribution in [3.05, 3.63) is 59.7 Å². The lowest BCUT2D eigenvalue weighted by Crippen LogP contribution is -2.50. The fraction of sp³-hybridized carbons (Fsp3) is 0.517. The van der Waals surface area contributed by atoms with Crippen LogP contribution in [0.15, 0.2) is 54.1 Å². The Bertz CT molecular complexity index is 1030. The summed E-state index contributed by atoms with van der Waals surface area (Å²) in [6.07, 6.45) is 16.1. The molecule has 3 saturated carbocycles. The zero-order valence-corrected chi connectivity index (χ0v) is 19.5. The first kappa shape index (κ1) is 21.4. The molecule has 3 nitrogen and oxygen atoms in total. The van der Waals surface area contributed by atoms with Crippen molar-refractivity contribution in [2.75, 3.05) is 7.11 Å². The maximum absolute atomic E-state index is 13.4. The van der Waals surface area contributed by atoms with Gasteiger partial charge in [0.05, 0.1) is 7.11 Å². The van der Waals surface area contributed by atoms with Gasteiger partial charge in [0.25, 0.3) is 0 Å². The number of rotatable bonds is 4. The van der Waals surface area contributed by atoms with Gasteiger partial charge in [0.2, 0.25) is 0 Å². The molecular weight excluding hydrogens is 396 g/mol. The van der Waals surface area contributed by atoms with E-state index in [1.807, 2.05) is 36.4 Å². The fourth-order valence-electron chi connectivity index (χ4n) is 7.76. The molecule has 3 fully saturated rings. The van der Waals surface area contributed by atoms with Gasteiger partial charge >= 0.3 is 0 Å². The van der Waals surface area contributed by atoms with Crippen LogP contribution in [-0.4, -0.2) is 18.7 Å². The van der Waals surface area contributed by atoms with Crippen LogP contribution >= 0.6 is 0 Å². The molecule has 0 N–H and O–H groups in total. The highest BCUT2D eigenvalue weighted by Crippen LogP contribution is 2.66. The van der Waals surface area contributed by atoms with Gasteiger partial charge in [-0.2, -0.15) is 0 Å². The van der Waals surface area contributed by atoms with Crippen molar-refractivity contribution in [2.45, 2.75) is 52.4 Å². The van der Waals surface area contributed by atoms with Gasteiger partial charge in [0.1, 0.15) is 5.75 Å². The Morgan fingerprint density at radius 1 is 1.09 bits per heavy atom. The molecule has 0 bridgehead atoms. The highest BCUT2D eigenvalue weighted by molar-refractivity contribution is 6.01. The largest absolute Gasteiger partial charge is 0.496 e. The van der Waals surface area contributed by atoms with Gasteiger partial charge in [0, 0.05) is 16.9 Å². The molecule has 0 amide bonds. The molecule has 0 aliphatic heterocycles. The van der Waals surface area contributed by atoms with Crippen LogP contribution in [0.3, 0.4) is 0 Å². The van der Waals surface area contributed by atoms with Crippen molar-refractivity contribution in [1.82, 2.24) is 0 Å². The Morgan fingerprint density at radius 2 is 1.91 bits per heavy atom. The number of ketones is 2. The van der Waals surface area contributed by atoms with Gasteiger partial charge in [-0.1, -0.05) is 43.7 Å². The van der Waals surface area contributed by atoms with Gasteiger partial charge in [-0.15, -0.1) is 0 Å². The van der Waals surface area contributed by atoms with E-state index in [4.69, 9.17) is 4.74 Å². The predicted molar refractivity (Wildman–Crippen MR) is 127 cm³/mol. The number of carbonyl (C=O) groups excluding carboxylic acids is 2. The minimum Gasteiger partial charge on any atom is -0.496 e. The number of fused-ring (bicyclic) bond motifs is 5. The predicted octanol–water partition coefficient (Wildman–Crippen LogP) is 6.20. The van der Waals surface area contributed by atoms with E-state index in [-0.39, 0.29) is 28.3 Å². The first-order chi connectivity index (χ1) is 15.4. The summed E-state index contributed by atoms with van der Waals surface area (Å²) in [5.74, 6) is 3.14. The molecule has 6 atom stereocenters. The smallest absolute Gasteiger partial charge is 0.178 e. The molecule has 4 aliphatic rings. The minimum absolute atomic E-state index is 0.0179. The molecule has 168 valence electrons. The standard InChI is InChI=1S/C29H34O3/c1-28-16-14-21(30)18-20(28)9-10-22-23-11-12-25(29(23,2)17-15-24(22)28)26(31)13-8-19-6-4-5-7-27(19)32-3/h4-8,13-14,16,18,22-25H,9-12,15,17H2,1-3H3/b13-8+/t22-,23-,24-,25+,28-,29-/m0/s1. The first-order valence-corrected chi connectivity index (χ1v) is 12.2. The van der Waals surface area contributed by atoms with Gasteiger partial charge in [-0.25, -0.2) is 0 Å². The highest BCUT2D eigenvalue weighted by Gasteiger charge is 2.59. The lowest BCUT2D eigenvalue weighted by Gasteiger charge is -2.56. The second kappa shape index (κ2) is 7.86. The summed E-state index contributed by atoms with van der Waals surface area (Å²) in [5.41, 5.74) is 2.38. The first-order valence-electron chi connectivity index (χ1n) is 12.2. The third kappa shape index (κ3) is 3.24. The Kier molecular flexibility index (Phi) is 5.27. The number of hydrogen-bond donors (Lipinski definition) is 0. The Labute approximate surface area is 191 Å². The number of methoxy groups -OCH3 is 1. The molecule has 32 heavy (non-hydrogen) atoms. The van der Waals surface area contributed by atoms with Crippen molar-refractivity contribution in [2.24, 2.45) is 34.5 Å². The zero-order valence-electron chi connectivity index (χ0n) is 19.5. The average Bonchev–Trinajstić information content (AvgIpc) is 3.15. The Hall–Kier alpha value is -2.42. The van der Waals surface area contributed by atoms with Crippen molar-refractivity contribution >= 4 is 17.6 Å². The lowest BCUT2D eigenvalue weighted by atomic mass is 9.47. The van der Waals surface area contributed by atoms with Crippen LogP contribution in [0.2, 0.25) is 0 Å². The zero-order chi connectivity index (χ0) is 22.5. The SMILES string of the molecule is COc1ccccc1/C=C/C(=O)[C@H]1CC[C@H]2[C@@H]3CCC4=CC(=O)C=C[C@]4(C)[C@H]3CC[C@]12C. The number of benzene rings is 1. The average molecular weight is 431 g/mol. The minimum atomic E-state index is 0.0179. The maximum atomic E-state index is 13.4. The van der Waals surface area contributed by atoms with Crippen LogP contribution in [0.25, 0.3) is 6.08 Å². The van der Waals surface area contributed by atoms with Gasteiger partial charge in [-0.05, 0) is 92.1 Å². The highest BCUT2D eigenvalue weighted by atomic mass is 16.5. The van der Waals surface area contributed by atoms with Crippen molar-refractivity contribution < 1.29 is 14.3 Å². The third-order valence-corrected chi connectivity index (χ3v) is 9.47. The number of carbonyl (C=O) groups is 2. The van der Waals surface area contributed by atoms with Crippen LogP contribution in [0.5, 0.6) is 5.75 Å². The molecule has 0 saturated heterocycles. The van der Waals surface area contributed by atoms with Crippen LogP contribution < -0.4 is 4.74 Å². The fourth-order valence-corrected chi connectivity index (χ4v) is 7.76. The van der Waals surface area contributed by atoms with Crippen LogP contribution in [0.4, 0.5) is 0 Å². The molecule has 1 aromatic carbocycles. The molecule has 1 aromatic rings. The number of ether oxygens (including phenoxy) is 1. The van der Waals surface area contributed by atoms with E-state index in [0.29, 0.717) is 17.8 Å². The van der Waals surface area contributed by atoms with Crippen LogP contribution in [-0.2, 0) is 9.59 Å². The van der Waals surface area contributed by atoms with E-state index in [9.17, 15) is 9.59 Å². The van der Waals surface area contributed by atoms with E-state index in [2.05, 4.69) is 19.9 Å². The monoisotopic (exact) mass is 430 g/mol. The van der Waals surface area contributed by atoms with Crippen molar-refractivity contribution in [1.29, 1.82) is 0 Å². The van der Waals surface area contributed by atoms with E-state index < -0.39 is 0 Å². The molecule has 5 rings (SSSR count). The maximum Gasteiger partial charge on any atom is 0.178 e. The third-order valence-electron chi connectivity index (χ3n) is 9.47. The van der Waals surface area contributed by atoms with E-state index >= 15 is 0 Å². The molecule has 0 aromatic heterocycles. The van der Waals surface area contributed by atoms with Crippen LogP contribution in [0, 0.1) is 34.5 Å². The molecule has 0 spiro atoms. The molecular formula is C29H34O3. The molecule has 0 heterocycles. The van der Waals surface area contributed by atoms with Crippen LogP contribution in [0.1, 0.15) is 57.9 Å². The summed E-state index contributed by atoms with van der Waals surface area (Å²) in [4.78, 5) is 25.3. The summed E-state index contributed by atoms with van der Waals surface area (Å²) < 4.78 is 5.43. The summed E-state index contributed by atoms with van der Waals surface area (Å²) in [7, 11) is 1.66. The number of allylic oxidation sites excluding steroid dienone is 5. The van der Waals surface area contributed by atoms with Crippen molar-refractivity contribution in [3.8, 4) is 5.75 Å². The molecule has 0 unspecified atom stereocenters. The summed E-state index contributed by atoms with van der Waals surface area (Å²) in [5, 5.41) is 0.